The number of aliphatic hydroxyl groups excluding tert-OH is 1. The fraction of sp³-hybridized carbons (Fsp3) is 0.923. The van der Waals surface area contributed by atoms with Crippen LogP contribution in [0.4, 0.5) is 0 Å². The van der Waals surface area contributed by atoms with Crippen LogP contribution >= 0.6 is 11.8 Å². The lowest BCUT2D eigenvalue weighted by Crippen LogP contribution is -2.43. The Morgan fingerprint density at radius 1 is 1.47 bits per heavy atom. The molecule has 0 radical (unpaired) electrons. The van der Waals surface area contributed by atoms with Gasteiger partial charge in [0.1, 0.15) is 5.54 Å². The van der Waals surface area contributed by atoms with Gasteiger partial charge in [-0.05, 0) is 38.0 Å². The number of nitrogens with one attached hydrogen (secondary N) is 1. The molecule has 17 heavy (non-hydrogen) atoms. The first kappa shape index (κ1) is 16.8. The molecule has 3 atom stereocenters. The van der Waals surface area contributed by atoms with E-state index in [0.29, 0.717) is 11.2 Å². The first-order valence-electron chi connectivity index (χ1n) is 6.36. The number of rotatable bonds is 9. The molecule has 0 aliphatic heterocycles. The van der Waals surface area contributed by atoms with Gasteiger partial charge in [-0.15, -0.1) is 0 Å². The predicted octanol–water partition coefficient (Wildman–Crippen LogP) is 2.41. The highest BCUT2D eigenvalue weighted by Gasteiger charge is 2.25. The van der Waals surface area contributed by atoms with Crippen molar-refractivity contribution in [3.8, 4) is 6.07 Å². The fourth-order valence-corrected chi connectivity index (χ4v) is 2.79. The zero-order valence-electron chi connectivity index (χ0n) is 11.5. The van der Waals surface area contributed by atoms with Crippen molar-refractivity contribution in [2.45, 2.75) is 51.3 Å². The third kappa shape index (κ3) is 7.64. The monoisotopic (exact) mass is 258 g/mol. The lowest BCUT2D eigenvalue weighted by molar-refractivity contribution is 0.250. The minimum absolute atomic E-state index is 0.239. The molecular formula is C13H26N2OS. The molecule has 0 heterocycles. The highest BCUT2D eigenvalue weighted by Crippen LogP contribution is 2.23. The SMILES string of the molecule is CCCNC(C)(C#N)CC(C)SCC(C)CO. The summed E-state index contributed by atoms with van der Waals surface area (Å²) < 4.78 is 0. The van der Waals surface area contributed by atoms with Gasteiger partial charge in [0.05, 0.1) is 6.07 Å². The average Bonchev–Trinajstić information content (AvgIpc) is 2.33. The molecule has 0 saturated carbocycles. The maximum absolute atomic E-state index is 9.22. The number of nitriles is 1. The van der Waals surface area contributed by atoms with E-state index >= 15 is 0 Å². The van der Waals surface area contributed by atoms with Gasteiger partial charge < -0.3 is 5.11 Å². The molecule has 0 spiro atoms. The molecule has 0 aromatic heterocycles. The van der Waals surface area contributed by atoms with Crippen LogP contribution in [-0.4, -0.2) is 34.8 Å². The van der Waals surface area contributed by atoms with Crippen molar-refractivity contribution < 1.29 is 5.11 Å². The van der Waals surface area contributed by atoms with Crippen LogP contribution in [0.1, 0.15) is 40.5 Å². The third-order valence-corrected chi connectivity index (χ3v) is 4.18. The zero-order valence-corrected chi connectivity index (χ0v) is 12.3. The maximum atomic E-state index is 9.22. The summed E-state index contributed by atoms with van der Waals surface area (Å²) in [4.78, 5) is 0. The third-order valence-electron chi connectivity index (χ3n) is 2.68. The Labute approximate surface area is 110 Å². The zero-order chi connectivity index (χ0) is 13.3. The van der Waals surface area contributed by atoms with Crippen LogP contribution in [0.2, 0.25) is 0 Å². The Morgan fingerprint density at radius 3 is 2.59 bits per heavy atom. The summed E-state index contributed by atoms with van der Waals surface area (Å²) >= 11 is 1.83. The first-order valence-corrected chi connectivity index (χ1v) is 7.41. The minimum atomic E-state index is -0.426. The van der Waals surface area contributed by atoms with Crippen LogP contribution in [0.3, 0.4) is 0 Å². The predicted molar refractivity (Wildman–Crippen MR) is 75.1 cm³/mol. The van der Waals surface area contributed by atoms with Crippen molar-refractivity contribution in [1.29, 1.82) is 5.26 Å². The van der Waals surface area contributed by atoms with Gasteiger partial charge in [-0.3, -0.25) is 5.32 Å². The van der Waals surface area contributed by atoms with E-state index in [4.69, 9.17) is 5.11 Å². The second-order valence-electron chi connectivity index (χ2n) is 5.01. The maximum Gasteiger partial charge on any atom is 0.104 e. The largest absolute Gasteiger partial charge is 0.396 e. The van der Waals surface area contributed by atoms with Gasteiger partial charge in [0.2, 0.25) is 0 Å². The summed E-state index contributed by atoms with van der Waals surface area (Å²) in [6, 6.07) is 2.37. The van der Waals surface area contributed by atoms with Crippen LogP contribution < -0.4 is 5.32 Å². The summed E-state index contributed by atoms with van der Waals surface area (Å²) in [5.41, 5.74) is -0.426. The van der Waals surface area contributed by atoms with Crippen molar-refractivity contribution in [2.75, 3.05) is 18.9 Å². The number of hydrogen-bond acceptors (Lipinski definition) is 4. The summed E-state index contributed by atoms with van der Waals surface area (Å²) in [5.74, 6) is 1.28. The molecule has 0 rings (SSSR count). The van der Waals surface area contributed by atoms with Crippen molar-refractivity contribution in [2.24, 2.45) is 5.92 Å². The first-order chi connectivity index (χ1) is 7.97. The summed E-state index contributed by atoms with van der Waals surface area (Å²) in [5, 5.41) is 21.9. The second-order valence-corrected chi connectivity index (χ2v) is 6.48. The number of aliphatic hydroxyl groups is 1. The lowest BCUT2D eigenvalue weighted by atomic mass is 9.98. The standard InChI is InChI=1S/C13H26N2OS/c1-5-6-15-13(4,10-14)7-12(3)17-9-11(2)8-16/h11-12,15-16H,5-9H2,1-4H3. The Hall–Kier alpha value is -0.240. The molecule has 0 aliphatic carbocycles. The molecule has 4 heteroatoms. The van der Waals surface area contributed by atoms with Crippen LogP contribution in [-0.2, 0) is 0 Å². The Kier molecular flexibility index (Phi) is 8.67. The number of nitrogens with zero attached hydrogens (tertiary/aromatic N) is 1. The topological polar surface area (TPSA) is 56.0 Å². The van der Waals surface area contributed by atoms with Crippen molar-refractivity contribution in [3.05, 3.63) is 0 Å². The minimum Gasteiger partial charge on any atom is -0.396 e. The van der Waals surface area contributed by atoms with Gasteiger partial charge in [0.25, 0.3) is 0 Å². The van der Waals surface area contributed by atoms with Crippen molar-refractivity contribution in [3.63, 3.8) is 0 Å². The van der Waals surface area contributed by atoms with Crippen LogP contribution in [0.15, 0.2) is 0 Å². The summed E-state index contributed by atoms with van der Waals surface area (Å²) in [7, 11) is 0. The fourth-order valence-electron chi connectivity index (χ4n) is 1.57. The van der Waals surface area contributed by atoms with E-state index in [1.54, 1.807) is 0 Å². The smallest absolute Gasteiger partial charge is 0.104 e. The van der Waals surface area contributed by atoms with Gasteiger partial charge >= 0.3 is 0 Å². The molecule has 2 N–H and O–H groups in total. The Balaban J connectivity index is 4.05. The molecule has 0 bridgehead atoms. The van der Waals surface area contributed by atoms with E-state index in [9.17, 15) is 5.26 Å². The normalized spacial score (nSPS) is 18.1. The van der Waals surface area contributed by atoms with E-state index in [-0.39, 0.29) is 6.61 Å². The van der Waals surface area contributed by atoms with E-state index in [1.165, 1.54) is 0 Å². The molecule has 0 aromatic carbocycles. The number of hydrogen-bond donors (Lipinski definition) is 2. The molecule has 0 aliphatic rings. The van der Waals surface area contributed by atoms with E-state index < -0.39 is 5.54 Å². The van der Waals surface area contributed by atoms with Gasteiger partial charge in [0, 0.05) is 11.9 Å². The molecule has 0 aromatic rings. The second kappa shape index (κ2) is 8.79. The van der Waals surface area contributed by atoms with Crippen LogP contribution in [0.5, 0.6) is 0 Å². The summed E-state index contributed by atoms with van der Waals surface area (Å²) in [6.45, 7) is 9.38. The van der Waals surface area contributed by atoms with Gasteiger partial charge in [0.15, 0.2) is 0 Å². The van der Waals surface area contributed by atoms with Crippen LogP contribution in [0.25, 0.3) is 0 Å². The highest BCUT2D eigenvalue weighted by atomic mass is 32.2. The lowest BCUT2D eigenvalue weighted by Gasteiger charge is -2.26. The molecule has 100 valence electrons. The van der Waals surface area contributed by atoms with Crippen LogP contribution in [0, 0.1) is 17.2 Å². The number of thioether (sulfide) groups is 1. The molecular weight excluding hydrogens is 232 g/mol. The molecule has 3 nitrogen and oxygen atoms in total. The van der Waals surface area contributed by atoms with Crippen molar-refractivity contribution in [1.82, 2.24) is 5.32 Å². The highest BCUT2D eigenvalue weighted by molar-refractivity contribution is 7.99. The van der Waals surface area contributed by atoms with Gasteiger partial charge in [-0.1, -0.05) is 20.8 Å². The van der Waals surface area contributed by atoms with Crippen molar-refractivity contribution >= 4 is 11.8 Å². The van der Waals surface area contributed by atoms with E-state index in [1.807, 2.05) is 25.6 Å². The van der Waals surface area contributed by atoms with E-state index in [0.717, 1.165) is 25.1 Å². The Bertz CT molecular complexity index is 242. The molecule has 0 amide bonds. The molecule has 0 saturated heterocycles. The van der Waals surface area contributed by atoms with Gasteiger partial charge in [-0.25, -0.2) is 0 Å². The Morgan fingerprint density at radius 2 is 2.12 bits per heavy atom. The molecule has 0 fully saturated rings. The average molecular weight is 258 g/mol. The quantitative estimate of drug-likeness (QED) is 0.667. The molecule has 3 unspecified atom stereocenters. The van der Waals surface area contributed by atoms with Gasteiger partial charge in [-0.2, -0.15) is 17.0 Å². The van der Waals surface area contributed by atoms with E-state index in [2.05, 4.69) is 25.2 Å². The summed E-state index contributed by atoms with van der Waals surface area (Å²) in [6.07, 6.45) is 1.88.